The molecule has 1 unspecified atom stereocenters. The maximum atomic E-state index is 13.1. The molecule has 0 saturated heterocycles. The Bertz CT molecular complexity index is 1040. The molecule has 4 aromatic rings. The van der Waals surface area contributed by atoms with Gasteiger partial charge < -0.3 is 10.4 Å². The van der Waals surface area contributed by atoms with Crippen LogP contribution in [0.4, 0.5) is 0 Å². The van der Waals surface area contributed by atoms with Crippen LogP contribution < -0.4 is 5.32 Å². The van der Waals surface area contributed by atoms with E-state index in [0.717, 1.165) is 5.56 Å². The summed E-state index contributed by atoms with van der Waals surface area (Å²) in [4.78, 5) is 13.1. The Balaban J connectivity index is 1.87. The zero-order chi connectivity index (χ0) is 20.8. The van der Waals surface area contributed by atoms with Gasteiger partial charge in [-0.25, -0.2) is 0 Å². The molecule has 0 aromatic heterocycles. The van der Waals surface area contributed by atoms with Crippen molar-refractivity contribution >= 4 is 5.91 Å². The van der Waals surface area contributed by atoms with E-state index < -0.39 is 11.6 Å². The molecule has 1 amide bonds. The fourth-order valence-corrected chi connectivity index (χ4v) is 3.76. The minimum absolute atomic E-state index is 0.241. The summed E-state index contributed by atoms with van der Waals surface area (Å²) in [7, 11) is 0. The van der Waals surface area contributed by atoms with Crippen molar-refractivity contribution in [1.29, 1.82) is 0 Å². The fourth-order valence-electron chi connectivity index (χ4n) is 3.76. The smallest absolute Gasteiger partial charge is 0.251 e. The van der Waals surface area contributed by atoms with E-state index >= 15 is 0 Å². The average molecular weight is 393 g/mol. The van der Waals surface area contributed by atoms with Gasteiger partial charge in [0.05, 0.1) is 6.04 Å². The van der Waals surface area contributed by atoms with Gasteiger partial charge in [-0.05, 0) is 28.8 Å². The Morgan fingerprint density at radius 1 is 0.633 bits per heavy atom. The molecular formula is C27H23NO2. The highest BCUT2D eigenvalue weighted by Gasteiger charge is 2.42. The van der Waals surface area contributed by atoms with Gasteiger partial charge in [-0.1, -0.05) is 109 Å². The van der Waals surface area contributed by atoms with Gasteiger partial charge in [-0.2, -0.15) is 0 Å². The topological polar surface area (TPSA) is 49.3 Å². The van der Waals surface area contributed by atoms with Crippen LogP contribution in [0.3, 0.4) is 0 Å². The van der Waals surface area contributed by atoms with Gasteiger partial charge >= 0.3 is 0 Å². The summed E-state index contributed by atoms with van der Waals surface area (Å²) in [5.74, 6) is -0.241. The molecule has 0 bridgehead atoms. The Morgan fingerprint density at radius 2 is 1.03 bits per heavy atom. The van der Waals surface area contributed by atoms with Crippen LogP contribution >= 0.6 is 0 Å². The summed E-state index contributed by atoms with van der Waals surface area (Å²) in [5, 5.41) is 15.3. The molecule has 0 saturated carbocycles. The number of aliphatic hydroxyl groups is 1. The SMILES string of the molecule is O=C(NC(c1ccccc1)C(O)(c1ccccc1)c1ccccc1)c1ccccc1. The molecule has 0 fully saturated rings. The Hall–Kier alpha value is -3.69. The summed E-state index contributed by atoms with van der Waals surface area (Å²) in [6.07, 6.45) is 0. The Morgan fingerprint density at radius 3 is 1.50 bits per heavy atom. The largest absolute Gasteiger partial charge is 0.378 e. The molecule has 3 nitrogen and oxygen atoms in total. The van der Waals surface area contributed by atoms with Gasteiger partial charge in [0.2, 0.25) is 0 Å². The number of rotatable bonds is 6. The molecule has 148 valence electrons. The summed E-state index contributed by atoms with van der Waals surface area (Å²) < 4.78 is 0. The van der Waals surface area contributed by atoms with Crippen LogP contribution in [0.25, 0.3) is 0 Å². The molecule has 4 rings (SSSR count). The first-order valence-electron chi connectivity index (χ1n) is 9.94. The van der Waals surface area contributed by atoms with Crippen molar-refractivity contribution < 1.29 is 9.90 Å². The van der Waals surface area contributed by atoms with Crippen LogP contribution in [0, 0.1) is 0 Å². The zero-order valence-electron chi connectivity index (χ0n) is 16.5. The lowest BCUT2D eigenvalue weighted by atomic mass is 9.77. The van der Waals surface area contributed by atoms with Crippen LogP contribution in [-0.4, -0.2) is 11.0 Å². The maximum absolute atomic E-state index is 13.1. The van der Waals surface area contributed by atoms with E-state index in [0.29, 0.717) is 16.7 Å². The third kappa shape index (κ3) is 3.88. The van der Waals surface area contributed by atoms with E-state index in [1.807, 2.05) is 109 Å². The van der Waals surface area contributed by atoms with Crippen molar-refractivity contribution in [2.45, 2.75) is 11.6 Å². The third-order valence-corrected chi connectivity index (χ3v) is 5.29. The lowest BCUT2D eigenvalue weighted by Crippen LogP contribution is -2.45. The highest BCUT2D eigenvalue weighted by molar-refractivity contribution is 5.94. The number of hydrogen-bond acceptors (Lipinski definition) is 2. The number of amides is 1. The second kappa shape index (κ2) is 8.76. The first-order chi connectivity index (χ1) is 14.7. The van der Waals surface area contributed by atoms with E-state index in [4.69, 9.17) is 0 Å². The van der Waals surface area contributed by atoms with Crippen molar-refractivity contribution in [3.8, 4) is 0 Å². The third-order valence-electron chi connectivity index (χ3n) is 5.29. The zero-order valence-corrected chi connectivity index (χ0v) is 16.5. The Kier molecular flexibility index (Phi) is 5.73. The molecule has 2 N–H and O–H groups in total. The number of carbonyl (C=O) groups is 1. The van der Waals surface area contributed by atoms with Crippen molar-refractivity contribution in [2.75, 3.05) is 0 Å². The average Bonchev–Trinajstić information content (AvgIpc) is 2.84. The number of hydrogen-bond donors (Lipinski definition) is 2. The van der Waals surface area contributed by atoms with Crippen molar-refractivity contribution in [1.82, 2.24) is 5.32 Å². The first kappa shape index (κ1) is 19.6. The van der Waals surface area contributed by atoms with Gasteiger partial charge in [0.25, 0.3) is 5.91 Å². The molecule has 0 aliphatic heterocycles. The molecule has 4 aromatic carbocycles. The molecule has 30 heavy (non-hydrogen) atoms. The van der Waals surface area contributed by atoms with Crippen molar-refractivity contribution in [2.24, 2.45) is 0 Å². The predicted molar refractivity (Wildman–Crippen MR) is 119 cm³/mol. The van der Waals surface area contributed by atoms with E-state index in [2.05, 4.69) is 5.32 Å². The normalized spacial score (nSPS) is 12.2. The van der Waals surface area contributed by atoms with Gasteiger partial charge in [-0.3, -0.25) is 4.79 Å². The molecule has 0 aliphatic rings. The maximum Gasteiger partial charge on any atom is 0.251 e. The second-order valence-corrected chi connectivity index (χ2v) is 7.18. The molecular weight excluding hydrogens is 370 g/mol. The lowest BCUT2D eigenvalue weighted by Gasteiger charge is -2.38. The van der Waals surface area contributed by atoms with Crippen LogP contribution in [0.5, 0.6) is 0 Å². The fraction of sp³-hybridized carbons (Fsp3) is 0.0741. The molecule has 0 radical (unpaired) electrons. The molecule has 3 heteroatoms. The Labute approximate surface area is 176 Å². The standard InChI is InChI=1S/C27H23NO2/c29-26(22-15-7-2-8-16-22)28-25(21-13-5-1-6-14-21)27(30,23-17-9-3-10-18-23)24-19-11-4-12-20-24/h1-20,25,30H,(H,28,29). The van der Waals surface area contributed by atoms with Crippen LogP contribution in [0.2, 0.25) is 0 Å². The monoisotopic (exact) mass is 393 g/mol. The van der Waals surface area contributed by atoms with Crippen molar-refractivity contribution in [3.63, 3.8) is 0 Å². The first-order valence-corrected chi connectivity index (χ1v) is 9.94. The van der Waals surface area contributed by atoms with Gasteiger partial charge in [0, 0.05) is 5.56 Å². The number of benzene rings is 4. The molecule has 0 aliphatic carbocycles. The predicted octanol–water partition coefficient (Wildman–Crippen LogP) is 5.09. The summed E-state index contributed by atoms with van der Waals surface area (Å²) in [6.45, 7) is 0. The van der Waals surface area contributed by atoms with E-state index in [1.165, 1.54) is 0 Å². The lowest BCUT2D eigenvalue weighted by molar-refractivity contribution is 0.0338. The van der Waals surface area contributed by atoms with Crippen LogP contribution in [0.1, 0.15) is 33.1 Å². The molecule has 0 spiro atoms. The van der Waals surface area contributed by atoms with Gasteiger partial charge in [0.15, 0.2) is 0 Å². The number of nitrogens with one attached hydrogen (secondary N) is 1. The van der Waals surface area contributed by atoms with Crippen molar-refractivity contribution in [3.05, 3.63) is 144 Å². The molecule has 0 heterocycles. The minimum Gasteiger partial charge on any atom is -0.378 e. The highest BCUT2D eigenvalue weighted by Crippen LogP contribution is 2.41. The van der Waals surface area contributed by atoms with E-state index in [-0.39, 0.29) is 5.91 Å². The van der Waals surface area contributed by atoms with Gasteiger partial charge in [-0.15, -0.1) is 0 Å². The highest BCUT2D eigenvalue weighted by atomic mass is 16.3. The van der Waals surface area contributed by atoms with E-state index in [9.17, 15) is 9.90 Å². The van der Waals surface area contributed by atoms with Crippen LogP contribution in [-0.2, 0) is 5.60 Å². The minimum atomic E-state index is -1.46. The molecule has 1 atom stereocenters. The quantitative estimate of drug-likeness (QED) is 0.479. The summed E-state index contributed by atoms with van der Waals surface area (Å²) in [5.41, 5.74) is 1.31. The second-order valence-electron chi connectivity index (χ2n) is 7.18. The summed E-state index contributed by atoms with van der Waals surface area (Å²) >= 11 is 0. The van der Waals surface area contributed by atoms with Crippen LogP contribution in [0.15, 0.2) is 121 Å². The summed E-state index contributed by atoms with van der Waals surface area (Å²) in [6, 6.07) is 36.9. The van der Waals surface area contributed by atoms with E-state index in [1.54, 1.807) is 12.1 Å². The van der Waals surface area contributed by atoms with Gasteiger partial charge in [0.1, 0.15) is 5.60 Å². The number of carbonyl (C=O) groups excluding carboxylic acids is 1.